The van der Waals surface area contributed by atoms with Crippen LogP contribution in [0.3, 0.4) is 0 Å². The second-order valence-corrected chi connectivity index (χ2v) is 6.80. The Kier molecular flexibility index (Phi) is 5.06. The predicted octanol–water partition coefficient (Wildman–Crippen LogP) is 5.27. The number of hydrogen-bond donors (Lipinski definition) is 0. The Labute approximate surface area is 162 Å². The van der Waals surface area contributed by atoms with Crippen molar-refractivity contribution >= 4 is 17.1 Å². The fraction of sp³-hybridized carbons (Fsp3) is 0.227. The third-order valence-electron chi connectivity index (χ3n) is 4.85. The third kappa shape index (κ3) is 3.52. The van der Waals surface area contributed by atoms with Gasteiger partial charge in [0, 0.05) is 37.2 Å². The van der Waals surface area contributed by atoms with Crippen molar-refractivity contribution < 1.29 is 24.1 Å². The van der Waals surface area contributed by atoms with Crippen molar-refractivity contribution in [1.29, 1.82) is 0 Å². The first-order chi connectivity index (χ1) is 11.6. The zero-order chi connectivity index (χ0) is 16.7. The Hall–Kier alpha value is -1.99. The summed E-state index contributed by atoms with van der Waals surface area (Å²) >= 11 is 0. The SMILES string of the molecule is Cc1ccc2c(c1)C/C(=C/C=CC1=[N+](C)c3ccc(C)cc3C1)[N-]2.[Rh]. The standard InChI is InChI=1S/C22H22N2.Rh/c1-15-7-9-21-17(11-15)13-19(23-21)5-4-6-20-14-18-12-16(2)8-10-22(18)24(20)3;/h4-12H,13-14H2,1-3H3;. The second-order valence-electron chi connectivity index (χ2n) is 6.80. The van der Waals surface area contributed by atoms with Gasteiger partial charge in [-0.15, -0.1) is 5.69 Å². The van der Waals surface area contributed by atoms with Crippen LogP contribution in [0.25, 0.3) is 5.32 Å². The molecule has 0 fully saturated rings. The van der Waals surface area contributed by atoms with Gasteiger partial charge in [-0.05, 0) is 26.3 Å². The van der Waals surface area contributed by atoms with E-state index >= 15 is 0 Å². The van der Waals surface area contributed by atoms with Crippen LogP contribution in [0.1, 0.15) is 22.3 Å². The van der Waals surface area contributed by atoms with Crippen LogP contribution in [0.15, 0.2) is 60.3 Å². The molecular formula is C22H22N2Rh. The van der Waals surface area contributed by atoms with Gasteiger partial charge in [0.05, 0.1) is 6.42 Å². The van der Waals surface area contributed by atoms with E-state index in [1.165, 1.54) is 33.7 Å². The van der Waals surface area contributed by atoms with Gasteiger partial charge in [0.25, 0.3) is 0 Å². The summed E-state index contributed by atoms with van der Waals surface area (Å²) in [5, 5.41) is 4.71. The van der Waals surface area contributed by atoms with Gasteiger partial charge in [0.2, 0.25) is 5.69 Å². The molecule has 2 aromatic rings. The van der Waals surface area contributed by atoms with Gasteiger partial charge >= 0.3 is 0 Å². The predicted molar refractivity (Wildman–Crippen MR) is 101 cm³/mol. The molecular weight excluding hydrogens is 395 g/mol. The van der Waals surface area contributed by atoms with E-state index in [-0.39, 0.29) is 19.5 Å². The van der Waals surface area contributed by atoms with Crippen LogP contribution in [-0.4, -0.2) is 17.3 Å². The van der Waals surface area contributed by atoms with Crippen molar-refractivity contribution in [2.45, 2.75) is 26.7 Å². The van der Waals surface area contributed by atoms with Gasteiger partial charge in [-0.3, -0.25) is 0 Å². The summed E-state index contributed by atoms with van der Waals surface area (Å²) < 4.78 is 2.29. The largest absolute Gasteiger partial charge is 0.661 e. The summed E-state index contributed by atoms with van der Waals surface area (Å²) in [5.41, 5.74) is 10.3. The van der Waals surface area contributed by atoms with Gasteiger partial charge < -0.3 is 5.32 Å². The number of benzene rings is 2. The maximum atomic E-state index is 4.71. The first kappa shape index (κ1) is 17.8. The van der Waals surface area contributed by atoms with E-state index < -0.39 is 0 Å². The minimum absolute atomic E-state index is 0. The number of fused-ring (bicyclic) bond motifs is 2. The molecule has 0 bridgehead atoms. The van der Waals surface area contributed by atoms with E-state index in [1.54, 1.807) is 0 Å². The molecule has 4 rings (SSSR count). The van der Waals surface area contributed by atoms with E-state index in [9.17, 15) is 0 Å². The first-order valence-electron chi connectivity index (χ1n) is 8.48. The molecule has 2 aromatic carbocycles. The van der Waals surface area contributed by atoms with Crippen LogP contribution in [0, 0.1) is 13.8 Å². The van der Waals surface area contributed by atoms with Crippen molar-refractivity contribution in [3.63, 3.8) is 0 Å². The molecule has 129 valence electrons. The molecule has 0 amide bonds. The van der Waals surface area contributed by atoms with E-state index in [1.807, 2.05) is 0 Å². The summed E-state index contributed by atoms with van der Waals surface area (Å²) in [6, 6.07) is 13.2. The summed E-state index contributed by atoms with van der Waals surface area (Å²) in [7, 11) is 2.15. The normalized spacial score (nSPS) is 16.8. The molecule has 2 aliphatic rings. The summed E-state index contributed by atoms with van der Waals surface area (Å²) in [6.45, 7) is 4.29. The van der Waals surface area contributed by atoms with Crippen molar-refractivity contribution in [1.82, 2.24) is 0 Å². The van der Waals surface area contributed by atoms with Crippen molar-refractivity contribution in [3.8, 4) is 0 Å². The molecule has 0 saturated heterocycles. The molecule has 1 radical (unpaired) electrons. The number of nitrogens with zero attached hydrogens (tertiary/aromatic N) is 2. The van der Waals surface area contributed by atoms with Crippen LogP contribution in [0.2, 0.25) is 0 Å². The molecule has 0 atom stereocenters. The van der Waals surface area contributed by atoms with E-state index in [2.05, 4.69) is 80.1 Å². The van der Waals surface area contributed by atoms with Crippen LogP contribution in [-0.2, 0) is 32.3 Å². The van der Waals surface area contributed by atoms with Crippen LogP contribution in [0.4, 0.5) is 11.4 Å². The van der Waals surface area contributed by atoms with Crippen molar-refractivity contribution in [2.24, 2.45) is 0 Å². The van der Waals surface area contributed by atoms with Crippen LogP contribution >= 0.6 is 0 Å². The van der Waals surface area contributed by atoms with E-state index in [0.717, 1.165) is 24.2 Å². The Morgan fingerprint density at radius 2 is 1.68 bits per heavy atom. The number of rotatable bonds is 2. The van der Waals surface area contributed by atoms with Gasteiger partial charge in [0.1, 0.15) is 7.05 Å². The van der Waals surface area contributed by atoms with Crippen molar-refractivity contribution in [2.75, 3.05) is 7.05 Å². The van der Waals surface area contributed by atoms with E-state index in [4.69, 9.17) is 5.32 Å². The van der Waals surface area contributed by atoms with Gasteiger partial charge in [-0.25, -0.2) is 0 Å². The summed E-state index contributed by atoms with van der Waals surface area (Å²) in [4.78, 5) is 0. The molecule has 2 aliphatic heterocycles. The minimum Gasteiger partial charge on any atom is -0.661 e. The Morgan fingerprint density at radius 1 is 0.960 bits per heavy atom. The topological polar surface area (TPSA) is 17.1 Å². The molecule has 0 unspecified atom stereocenters. The molecule has 3 heteroatoms. The fourth-order valence-electron chi connectivity index (χ4n) is 3.54. The fourth-order valence-corrected chi connectivity index (χ4v) is 3.54. The number of hydrogen-bond acceptors (Lipinski definition) is 0. The molecule has 0 spiro atoms. The summed E-state index contributed by atoms with van der Waals surface area (Å²) in [6.07, 6.45) is 8.44. The van der Waals surface area contributed by atoms with E-state index in [0.29, 0.717) is 0 Å². The quantitative estimate of drug-likeness (QED) is 0.468. The molecule has 0 saturated carbocycles. The van der Waals surface area contributed by atoms with Crippen LogP contribution < -0.4 is 0 Å². The monoisotopic (exact) mass is 417 g/mol. The molecule has 0 aliphatic carbocycles. The van der Waals surface area contributed by atoms with Gasteiger partial charge in [-0.1, -0.05) is 53.1 Å². The number of aryl methyl sites for hydroxylation is 2. The maximum Gasteiger partial charge on any atom is 0.208 e. The Morgan fingerprint density at radius 3 is 2.48 bits per heavy atom. The summed E-state index contributed by atoms with van der Waals surface area (Å²) in [5.74, 6) is 0. The second kappa shape index (κ2) is 7.10. The van der Waals surface area contributed by atoms with Crippen LogP contribution in [0.5, 0.6) is 0 Å². The smallest absolute Gasteiger partial charge is 0.208 e. The average Bonchev–Trinajstić information content (AvgIpc) is 3.08. The molecule has 0 aromatic heterocycles. The molecule has 0 N–H and O–H groups in total. The third-order valence-corrected chi connectivity index (χ3v) is 4.85. The van der Waals surface area contributed by atoms with Crippen molar-refractivity contribution in [3.05, 3.63) is 87.9 Å². The number of allylic oxidation sites excluding steroid dienone is 4. The molecule has 2 nitrogen and oxygen atoms in total. The zero-order valence-electron chi connectivity index (χ0n) is 14.8. The van der Waals surface area contributed by atoms with Gasteiger partial charge in [0.15, 0.2) is 5.71 Å². The molecule has 2 heterocycles. The van der Waals surface area contributed by atoms with Gasteiger partial charge in [-0.2, -0.15) is 10.3 Å². The average molecular weight is 417 g/mol. The maximum absolute atomic E-state index is 4.71. The molecule has 25 heavy (non-hydrogen) atoms. The zero-order valence-corrected chi connectivity index (χ0v) is 16.5. The Balaban J connectivity index is 0.00000182. The first-order valence-corrected chi connectivity index (χ1v) is 8.48. The minimum atomic E-state index is 0. The Bertz CT molecular complexity index is 920.